The van der Waals surface area contributed by atoms with Gasteiger partial charge < -0.3 is 0 Å². The monoisotopic (exact) mass is 541 g/mol. The number of aromatic nitrogens is 3. The Labute approximate surface area is 192 Å². The molecule has 4 rings (SSSR count). The molecule has 0 bridgehead atoms. The summed E-state index contributed by atoms with van der Waals surface area (Å²) in [4.78, 5) is 8.47. The summed E-state index contributed by atoms with van der Waals surface area (Å²) in [5, 5.41) is 10.4. The molecule has 0 unspecified atom stereocenters. The van der Waals surface area contributed by atoms with Crippen LogP contribution in [0.2, 0.25) is 5.02 Å². The van der Waals surface area contributed by atoms with Crippen molar-refractivity contribution in [2.75, 3.05) is 9.36 Å². The summed E-state index contributed by atoms with van der Waals surface area (Å²) < 4.78 is 3.62. The molecule has 0 atom stereocenters. The fraction of sp³-hybridized carbons (Fsp3) is 0.409. The van der Waals surface area contributed by atoms with Gasteiger partial charge in [0.05, 0.1) is 5.71 Å². The first kappa shape index (κ1) is 22.4. The average molecular weight is 542 g/mol. The van der Waals surface area contributed by atoms with E-state index in [4.69, 9.17) is 16.6 Å². The molecule has 0 aliphatic carbocycles. The maximum atomic E-state index is 6.03. The maximum absolute atomic E-state index is 6.03. The van der Waals surface area contributed by atoms with Crippen molar-refractivity contribution in [2.24, 2.45) is 10.9 Å². The Kier molecular flexibility index (Phi) is 7.51. The minimum absolute atomic E-state index is 0.526. The molecule has 0 saturated heterocycles. The number of aliphatic imine (C=N–C) groups is 1. The molecule has 3 heterocycles. The fourth-order valence-corrected chi connectivity index (χ4v) is 6.31. The molecule has 4 nitrogen and oxygen atoms in total. The Balaban J connectivity index is 0.000000353. The fourth-order valence-electron chi connectivity index (χ4n) is 3.20. The van der Waals surface area contributed by atoms with E-state index >= 15 is 0 Å². The van der Waals surface area contributed by atoms with Gasteiger partial charge in [0.25, 0.3) is 0 Å². The summed E-state index contributed by atoms with van der Waals surface area (Å²) in [6, 6.07) is 7.86. The van der Waals surface area contributed by atoms with Crippen LogP contribution >= 0.6 is 22.9 Å². The van der Waals surface area contributed by atoms with E-state index < -0.39 is 0 Å². The molecule has 1 aliphatic heterocycles. The Morgan fingerprint density at radius 3 is 2.41 bits per heavy atom. The van der Waals surface area contributed by atoms with Gasteiger partial charge in [-0.3, -0.25) is 9.56 Å². The van der Waals surface area contributed by atoms with E-state index in [1.807, 2.05) is 31.2 Å². The van der Waals surface area contributed by atoms with E-state index in [-0.39, 0.29) is 0 Å². The zero-order chi connectivity index (χ0) is 21.1. The van der Waals surface area contributed by atoms with Gasteiger partial charge in [0.1, 0.15) is 17.4 Å². The number of alkyl halides is 2. The third-order valence-electron chi connectivity index (χ3n) is 4.66. The van der Waals surface area contributed by atoms with Crippen LogP contribution in [0.25, 0.3) is 5.00 Å². The summed E-state index contributed by atoms with van der Waals surface area (Å²) in [6.45, 7) is 11.4. The third-order valence-corrected chi connectivity index (χ3v) is 8.74. The van der Waals surface area contributed by atoms with Crippen molar-refractivity contribution in [1.29, 1.82) is 0 Å². The van der Waals surface area contributed by atoms with E-state index in [2.05, 4.69) is 47.4 Å². The van der Waals surface area contributed by atoms with E-state index in [0.29, 0.717) is 27.7 Å². The predicted molar refractivity (Wildman–Crippen MR) is 120 cm³/mol. The average Bonchev–Trinajstić information content (AvgIpc) is 3.11. The number of hydrogen-bond donors (Lipinski definition) is 0. The quantitative estimate of drug-likeness (QED) is 0.378. The van der Waals surface area contributed by atoms with Crippen molar-refractivity contribution >= 4 is 28.6 Å². The number of rotatable bonds is 3. The first-order chi connectivity index (χ1) is 13.8. The summed E-state index contributed by atoms with van der Waals surface area (Å²) in [7, 11) is 0. The van der Waals surface area contributed by atoms with E-state index in [9.17, 15) is 0 Å². The molecule has 0 N–H and O–H groups in total. The van der Waals surface area contributed by atoms with Crippen LogP contribution in [-0.2, 0) is 6.54 Å². The van der Waals surface area contributed by atoms with Crippen molar-refractivity contribution < 1.29 is 21.2 Å². The third kappa shape index (κ3) is 4.91. The van der Waals surface area contributed by atoms with Gasteiger partial charge in [-0.25, -0.2) is 0 Å². The van der Waals surface area contributed by atoms with Gasteiger partial charge in [-0.05, 0) is 38.5 Å². The second kappa shape index (κ2) is 9.71. The van der Waals surface area contributed by atoms with Crippen LogP contribution in [0, 0.1) is 26.7 Å². The summed E-state index contributed by atoms with van der Waals surface area (Å²) in [5.41, 5.74) is 4.52. The van der Waals surface area contributed by atoms with Crippen LogP contribution in [0.3, 0.4) is 0 Å². The predicted octanol–water partition coefficient (Wildman–Crippen LogP) is 2.62. The smallest absolute Gasteiger partial charge is 0.160 e. The molecule has 156 valence electrons. The molecule has 1 aromatic carbocycles. The van der Waals surface area contributed by atoms with Gasteiger partial charge in [0, 0.05) is 21.0 Å². The second-order valence-electron chi connectivity index (χ2n) is 7.45. The van der Waals surface area contributed by atoms with Crippen molar-refractivity contribution in [3.63, 3.8) is 0 Å². The number of benzene rings is 1. The van der Waals surface area contributed by atoms with Gasteiger partial charge in [0.15, 0.2) is 5.82 Å². The Morgan fingerprint density at radius 2 is 1.83 bits per heavy atom. The molecule has 0 radical (unpaired) electrons. The molecular weight excluding hydrogens is 515 g/mol. The van der Waals surface area contributed by atoms with Gasteiger partial charge in [-0.1, -0.05) is 23.7 Å². The first-order valence-electron chi connectivity index (χ1n) is 9.59. The molecule has 0 spiro atoms. The topological polar surface area (TPSA) is 43.1 Å². The number of thiophene rings is 1. The summed E-state index contributed by atoms with van der Waals surface area (Å²) in [5.74, 6) is 2.73. The van der Waals surface area contributed by atoms with Crippen molar-refractivity contribution in [2.45, 2.75) is 41.2 Å². The molecule has 0 amide bonds. The van der Waals surface area contributed by atoms with Crippen LogP contribution in [0.1, 0.15) is 47.1 Å². The van der Waals surface area contributed by atoms with Crippen LogP contribution in [0.15, 0.2) is 29.3 Å². The van der Waals surface area contributed by atoms with Gasteiger partial charge in [0.2, 0.25) is 0 Å². The normalized spacial score (nSPS) is 12.8. The molecular formula is C22H27ClIN4S-. The van der Waals surface area contributed by atoms with E-state index in [1.165, 1.54) is 20.4 Å². The van der Waals surface area contributed by atoms with Crippen LogP contribution in [0.4, 0.5) is 0 Å². The number of nitrogens with zero attached hydrogens (tertiary/aromatic N) is 4. The van der Waals surface area contributed by atoms with Crippen molar-refractivity contribution in [3.05, 3.63) is 62.5 Å². The molecule has 0 saturated carbocycles. The zero-order valence-corrected chi connectivity index (χ0v) is 21.5. The Morgan fingerprint density at radius 1 is 1.14 bits per heavy atom. The zero-order valence-electron chi connectivity index (χ0n) is 17.8. The van der Waals surface area contributed by atoms with Crippen molar-refractivity contribution in [3.8, 4) is 5.00 Å². The van der Waals surface area contributed by atoms with E-state index in [1.54, 1.807) is 11.3 Å². The van der Waals surface area contributed by atoms with Gasteiger partial charge in [-0.15, -0.1) is 21.5 Å². The Bertz CT molecular complexity index is 1020. The maximum Gasteiger partial charge on any atom is 0.160 e. The molecule has 3 aromatic rings. The first-order valence-corrected chi connectivity index (χ1v) is 14.5. The van der Waals surface area contributed by atoms with E-state index in [0.717, 1.165) is 38.9 Å². The minimum Gasteiger partial charge on any atom is -0.276 e. The second-order valence-corrected chi connectivity index (χ2v) is 11.5. The molecule has 0 fully saturated rings. The van der Waals surface area contributed by atoms with Crippen LogP contribution in [-0.4, -0.2) is 29.8 Å². The summed E-state index contributed by atoms with van der Waals surface area (Å²) in [6.07, 6.45) is 0. The SMILES string of the molecule is C[I-]CC(C)C.Cc1sc2c(c1C)C(c1ccc(Cl)cc1)=NCc1nnc(C)n1-2. The summed E-state index contributed by atoms with van der Waals surface area (Å²) >= 11 is 8.37. The largest absolute Gasteiger partial charge is 0.276 e. The molecule has 29 heavy (non-hydrogen) atoms. The number of halogens is 2. The number of hydrogen-bond acceptors (Lipinski definition) is 4. The number of aryl methyl sites for hydroxylation is 2. The Hall–Kier alpha value is -1.25. The molecule has 2 aromatic heterocycles. The standard InChI is InChI=1S/C17H15ClN4S.C5H12I/c1-9-10(2)23-17-15(9)16(12-4-6-13(18)7-5-12)19-8-14-21-20-11(3)22(14)17;1-5(2)4-6-3/h4-7H,8H2,1-3H3;5H,4H2,1-3H3/q;-1. The van der Waals surface area contributed by atoms with Crippen molar-refractivity contribution in [1.82, 2.24) is 14.8 Å². The minimum atomic E-state index is 0.526. The van der Waals surface area contributed by atoms with Gasteiger partial charge in [-0.2, -0.15) is 0 Å². The number of fused-ring (bicyclic) bond motifs is 3. The van der Waals surface area contributed by atoms with Crippen LogP contribution in [0.5, 0.6) is 0 Å². The molecule has 1 aliphatic rings. The van der Waals surface area contributed by atoms with Gasteiger partial charge >= 0.3 is 50.3 Å². The molecule has 7 heteroatoms. The van der Waals surface area contributed by atoms with Crippen LogP contribution < -0.4 is 21.2 Å².